The van der Waals surface area contributed by atoms with Gasteiger partial charge in [0.05, 0.1) is 5.54 Å². The van der Waals surface area contributed by atoms with E-state index in [4.69, 9.17) is 0 Å². The van der Waals surface area contributed by atoms with Crippen LogP contribution in [0.2, 0.25) is 0 Å². The molecule has 0 aromatic heterocycles. The monoisotopic (exact) mass is 227 g/mol. The van der Waals surface area contributed by atoms with Crippen LogP contribution < -0.4 is 5.32 Å². The van der Waals surface area contributed by atoms with E-state index in [1.807, 2.05) is 23.6 Å². The molecule has 0 aliphatic carbocycles. The Labute approximate surface area is 99.0 Å². The molecule has 0 aromatic carbocycles. The maximum Gasteiger partial charge on any atom is 0.320 e. The largest absolute Gasteiger partial charge is 0.325 e. The topological polar surface area (TPSA) is 35.6 Å². The molecular formula is C12H25N3O. The van der Waals surface area contributed by atoms with E-state index in [-0.39, 0.29) is 11.6 Å². The van der Waals surface area contributed by atoms with E-state index in [0.29, 0.717) is 0 Å². The van der Waals surface area contributed by atoms with Crippen LogP contribution >= 0.6 is 0 Å². The van der Waals surface area contributed by atoms with Crippen molar-refractivity contribution in [1.29, 1.82) is 0 Å². The Morgan fingerprint density at radius 2 is 2.00 bits per heavy atom. The molecule has 1 N–H and O–H groups in total. The lowest BCUT2D eigenvalue weighted by Crippen LogP contribution is -2.55. The maximum atomic E-state index is 12.4. The normalized spacial score (nSPS) is 20.4. The Morgan fingerprint density at radius 1 is 1.38 bits per heavy atom. The van der Waals surface area contributed by atoms with Crippen molar-refractivity contribution < 1.29 is 4.79 Å². The highest BCUT2D eigenvalue weighted by atomic mass is 16.2. The van der Waals surface area contributed by atoms with Gasteiger partial charge in [0.1, 0.15) is 0 Å². The third kappa shape index (κ3) is 2.88. The van der Waals surface area contributed by atoms with Gasteiger partial charge >= 0.3 is 6.03 Å². The average Bonchev–Trinajstić information content (AvgIpc) is 2.40. The van der Waals surface area contributed by atoms with Crippen molar-refractivity contribution in [2.45, 2.75) is 39.7 Å². The molecule has 1 rings (SSSR count). The summed E-state index contributed by atoms with van der Waals surface area (Å²) in [5, 5.41) is 3.38. The van der Waals surface area contributed by atoms with Crippen molar-refractivity contribution in [3.05, 3.63) is 0 Å². The van der Waals surface area contributed by atoms with Gasteiger partial charge in [0, 0.05) is 26.2 Å². The fraction of sp³-hybridized carbons (Fsp3) is 0.917. The van der Waals surface area contributed by atoms with Crippen molar-refractivity contribution in [1.82, 2.24) is 15.1 Å². The van der Waals surface area contributed by atoms with Gasteiger partial charge in [-0.25, -0.2) is 4.79 Å². The Hall–Kier alpha value is -0.770. The standard InChI is InChI=1S/C12H25N3O/c1-5-14(6-2)11(16)15-9-7-8-13-10-12(15,3)4/h13H,5-10H2,1-4H3. The fourth-order valence-electron chi connectivity index (χ4n) is 2.17. The molecule has 1 fully saturated rings. The van der Waals surface area contributed by atoms with Crippen molar-refractivity contribution in [2.75, 3.05) is 32.7 Å². The van der Waals surface area contributed by atoms with Crippen LogP contribution in [0.15, 0.2) is 0 Å². The number of urea groups is 1. The van der Waals surface area contributed by atoms with Gasteiger partial charge in [-0.2, -0.15) is 0 Å². The molecule has 0 bridgehead atoms. The summed E-state index contributed by atoms with van der Waals surface area (Å²) in [6.45, 7) is 12.6. The van der Waals surface area contributed by atoms with E-state index in [9.17, 15) is 4.79 Å². The number of carbonyl (C=O) groups is 1. The number of nitrogens with zero attached hydrogens (tertiary/aromatic N) is 2. The molecule has 1 saturated heterocycles. The molecule has 0 unspecified atom stereocenters. The molecule has 2 amide bonds. The second-order valence-electron chi connectivity index (χ2n) is 4.95. The Balaban J connectivity index is 2.78. The number of amides is 2. The van der Waals surface area contributed by atoms with Crippen LogP contribution in [0.4, 0.5) is 4.79 Å². The van der Waals surface area contributed by atoms with Gasteiger partial charge < -0.3 is 15.1 Å². The molecule has 1 aliphatic rings. The predicted molar refractivity (Wildman–Crippen MR) is 66.6 cm³/mol. The zero-order chi connectivity index (χ0) is 12.2. The van der Waals surface area contributed by atoms with E-state index in [1.54, 1.807) is 0 Å². The first-order chi connectivity index (χ1) is 7.53. The highest BCUT2D eigenvalue weighted by Gasteiger charge is 2.33. The SMILES string of the molecule is CCN(CC)C(=O)N1CCCNCC1(C)C. The molecular weight excluding hydrogens is 202 g/mol. The summed E-state index contributed by atoms with van der Waals surface area (Å²) in [5.41, 5.74) is -0.0871. The summed E-state index contributed by atoms with van der Waals surface area (Å²) in [6.07, 6.45) is 1.04. The lowest BCUT2D eigenvalue weighted by molar-refractivity contribution is 0.111. The van der Waals surface area contributed by atoms with Gasteiger partial charge in [-0.1, -0.05) is 0 Å². The fourth-order valence-corrected chi connectivity index (χ4v) is 2.17. The van der Waals surface area contributed by atoms with Crippen LogP contribution in [0.3, 0.4) is 0 Å². The summed E-state index contributed by atoms with van der Waals surface area (Å²) in [6, 6.07) is 0.179. The molecule has 94 valence electrons. The highest BCUT2D eigenvalue weighted by molar-refractivity contribution is 5.75. The van der Waals surface area contributed by atoms with Gasteiger partial charge in [0.2, 0.25) is 0 Å². The Kier molecular flexibility index (Phi) is 4.59. The Bertz CT molecular complexity index is 236. The molecule has 0 aromatic rings. The van der Waals surface area contributed by atoms with Gasteiger partial charge in [0.25, 0.3) is 0 Å². The van der Waals surface area contributed by atoms with Crippen LogP contribution in [0.5, 0.6) is 0 Å². The Morgan fingerprint density at radius 3 is 2.56 bits per heavy atom. The van der Waals surface area contributed by atoms with E-state index in [0.717, 1.165) is 39.1 Å². The van der Waals surface area contributed by atoms with Gasteiger partial charge in [-0.15, -0.1) is 0 Å². The summed E-state index contributed by atoms with van der Waals surface area (Å²) in [5.74, 6) is 0. The van der Waals surface area contributed by atoms with Crippen LogP contribution in [0, 0.1) is 0 Å². The number of carbonyl (C=O) groups excluding carboxylic acids is 1. The van der Waals surface area contributed by atoms with Crippen LogP contribution in [0.1, 0.15) is 34.1 Å². The molecule has 4 nitrogen and oxygen atoms in total. The molecule has 4 heteroatoms. The third-order valence-electron chi connectivity index (χ3n) is 3.29. The zero-order valence-electron chi connectivity index (χ0n) is 11.0. The average molecular weight is 227 g/mol. The van der Waals surface area contributed by atoms with E-state index >= 15 is 0 Å². The molecule has 0 spiro atoms. The molecule has 0 saturated carbocycles. The van der Waals surface area contributed by atoms with Crippen LogP contribution in [0.25, 0.3) is 0 Å². The van der Waals surface area contributed by atoms with Crippen molar-refractivity contribution in [2.24, 2.45) is 0 Å². The number of hydrogen-bond acceptors (Lipinski definition) is 2. The number of nitrogens with one attached hydrogen (secondary N) is 1. The van der Waals surface area contributed by atoms with E-state index in [2.05, 4.69) is 19.2 Å². The van der Waals surface area contributed by atoms with E-state index < -0.39 is 0 Å². The van der Waals surface area contributed by atoms with Gasteiger partial charge in [0.15, 0.2) is 0 Å². The van der Waals surface area contributed by atoms with Crippen LogP contribution in [-0.2, 0) is 0 Å². The summed E-state index contributed by atoms with van der Waals surface area (Å²) < 4.78 is 0. The lowest BCUT2D eigenvalue weighted by Gasteiger charge is -2.39. The minimum absolute atomic E-state index is 0.0871. The van der Waals surface area contributed by atoms with E-state index in [1.165, 1.54) is 0 Å². The molecule has 0 radical (unpaired) electrons. The molecule has 0 atom stereocenters. The van der Waals surface area contributed by atoms with Gasteiger partial charge in [-0.3, -0.25) is 0 Å². The van der Waals surface area contributed by atoms with Crippen molar-refractivity contribution in [3.63, 3.8) is 0 Å². The minimum Gasteiger partial charge on any atom is -0.325 e. The molecule has 16 heavy (non-hydrogen) atoms. The highest BCUT2D eigenvalue weighted by Crippen LogP contribution is 2.18. The first-order valence-corrected chi connectivity index (χ1v) is 6.30. The molecule has 1 aliphatic heterocycles. The summed E-state index contributed by atoms with van der Waals surface area (Å²) in [4.78, 5) is 16.3. The van der Waals surface area contributed by atoms with Crippen LogP contribution in [-0.4, -0.2) is 54.1 Å². The first-order valence-electron chi connectivity index (χ1n) is 6.30. The second-order valence-corrected chi connectivity index (χ2v) is 4.95. The second kappa shape index (κ2) is 5.53. The first kappa shape index (κ1) is 13.3. The number of rotatable bonds is 2. The number of hydrogen-bond donors (Lipinski definition) is 1. The quantitative estimate of drug-likeness (QED) is 0.776. The smallest absolute Gasteiger partial charge is 0.320 e. The predicted octanol–water partition coefficient (Wildman–Crippen LogP) is 1.52. The summed E-state index contributed by atoms with van der Waals surface area (Å²) >= 11 is 0. The van der Waals surface area contributed by atoms with Crippen molar-refractivity contribution in [3.8, 4) is 0 Å². The van der Waals surface area contributed by atoms with Gasteiger partial charge in [-0.05, 0) is 40.7 Å². The lowest BCUT2D eigenvalue weighted by atomic mass is 10.0. The minimum atomic E-state index is -0.0871. The zero-order valence-corrected chi connectivity index (χ0v) is 11.0. The maximum absolute atomic E-state index is 12.4. The summed E-state index contributed by atoms with van der Waals surface area (Å²) in [7, 11) is 0. The third-order valence-corrected chi connectivity index (χ3v) is 3.29. The molecule has 1 heterocycles. The van der Waals surface area contributed by atoms with Crippen molar-refractivity contribution >= 4 is 6.03 Å².